The Morgan fingerprint density at radius 1 is 1.24 bits per heavy atom. The summed E-state index contributed by atoms with van der Waals surface area (Å²) in [5.41, 5.74) is 0.338. The molecule has 150 valence electrons. The Morgan fingerprint density at radius 3 is 2.83 bits per heavy atom. The molecular weight excluding hydrogens is 395 g/mol. The molecule has 7 nitrogen and oxygen atoms in total. The average molecular weight is 414 g/mol. The van der Waals surface area contributed by atoms with Crippen molar-refractivity contribution in [3.63, 3.8) is 0 Å². The fourth-order valence-electron chi connectivity index (χ4n) is 2.88. The minimum absolute atomic E-state index is 0.0882. The topological polar surface area (TPSA) is 80.3 Å². The molecular formula is C20H19FN4O3S. The van der Waals surface area contributed by atoms with Gasteiger partial charge in [0.2, 0.25) is 11.1 Å². The molecule has 0 saturated heterocycles. The summed E-state index contributed by atoms with van der Waals surface area (Å²) in [4.78, 5) is 18.3. The molecule has 29 heavy (non-hydrogen) atoms. The van der Waals surface area contributed by atoms with Crippen LogP contribution in [0.1, 0.15) is 0 Å². The van der Waals surface area contributed by atoms with Gasteiger partial charge in [0.1, 0.15) is 12.4 Å². The molecule has 0 bridgehead atoms. The molecule has 9 heteroatoms. The monoisotopic (exact) mass is 414 g/mol. The number of benzene rings is 2. The summed E-state index contributed by atoms with van der Waals surface area (Å²) in [6, 6.07) is 13.8. The van der Waals surface area contributed by atoms with Gasteiger partial charge in [0.15, 0.2) is 23.4 Å². The molecule has 0 unspecified atom stereocenters. The number of hydrogen-bond acceptors (Lipinski definition) is 6. The smallest absolute Gasteiger partial charge is 0.232 e. The van der Waals surface area contributed by atoms with Gasteiger partial charge in [0, 0.05) is 7.05 Å². The van der Waals surface area contributed by atoms with E-state index in [1.165, 1.54) is 17.8 Å². The number of fused-ring (bicyclic) bond motifs is 1. The van der Waals surface area contributed by atoms with Gasteiger partial charge >= 0.3 is 0 Å². The zero-order chi connectivity index (χ0) is 20.2. The second kappa shape index (κ2) is 8.52. The third kappa shape index (κ3) is 4.51. The lowest BCUT2D eigenvalue weighted by Gasteiger charge is -2.29. The quantitative estimate of drug-likeness (QED) is 0.625. The summed E-state index contributed by atoms with van der Waals surface area (Å²) >= 11 is 1.19. The van der Waals surface area contributed by atoms with Crippen molar-refractivity contribution in [1.29, 1.82) is 0 Å². The Morgan fingerprint density at radius 2 is 2.00 bits per heavy atom. The van der Waals surface area contributed by atoms with E-state index in [0.717, 1.165) is 0 Å². The highest BCUT2D eigenvalue weighted by Gasteiger charge is 2.24. The van der Waals surface area contributed by atoms with Crippen molar-refractivity contribution in [3.05, 3.63) is 54.3 Å². The fraction of sp³-hybridized carbons (Fsp3) is 0.250. The fourth-order valence-corrected chi connectivity index (χ4v) is 3.62. The first-order chi connectivity index (χ1) is 14.1. The van der Waals surface area contributed by atoms with Gasteiger partial charge in [-0.15, -0.1) is 5.10 Å². The van der Waals surface area contributed by atoms with Crippen molar-refractivity contribution >= 4 is 17.7 Å². The predicted octanol–water partition coefficient (Wildman–Crippen LogP) is 3.00. The number of carbonyl (C=O) groups is 1. The van der Waals surface area contributed by atoms with Gasteiger partial charge in [-0.05, 0) is 24.3 Å². The molecule has 1 aliphatic heterocycles. The van der Waals surface area contributed by atoms with Crippen molar-refractivity contribution in [2.45, 2.75) is 11.3 Å². The first-order valence-corrected chi connectivity index (χ1v) is 10.0. The van der Waals surface area contributed by atoms with Gasteiger partial charge in [-0.1, -0.05) is 36.0 Å². The van der Waals surface area contributed by atoms with E-state index in [1.54, 1.807) is 30.1 Å². The Kier molecular flexibility index (Phi) is 5.66. The average Bonchev–Trinajstić information content (AvgIpc) is 3.21. The number of rotatable bonds is 6. The van der Waals surface area contributed by atoms with E-state index in [2.05, 4.69) is 15.2 Å². The summed E-state index contributed by atoms with van der Waals surface area (Å²) < 4.78 is 25.4. The molecule has 0 fully saturated rings. The van der Waals surface area contributed by atoms with Crippen LogP contribution < -0.4 is 9.47 Å². The van der Waals surface area contributed by atoms with Gasteiger partial charge in [0.25, 0.3) is 0 Å². The molecule has 2 aromatic carbocycles. The van der Waals surface area contributed by atoms with Crippen LogP contribution in [0.3, 0.4) is 0 Å². The molecule has 0 aliphatic carbocycles. The van der Waals surface area contributed by atoms with Crippen LogP contribution in [0.4, 0.5) is 4.39 Å². The van der Waals surface area contributed by atoms with Crippen molar-refractivity contribution < 1.29 is 18.7 Å². The summed E-state index contributed by atoms with van der Waals surface area (Å²) in [6.45, 7) is 0.789. The van der Waals surface area contributed by atoms with E-state index in [1.807, 2.05) is 24.3 Å². The van der Waals surface area contributed by atoms with Crippen LogP contribution in [0.15, 0.2) is 53.7 Å². The largest absolute Gasteiger partial charge is 0.486 e. The third-order valence-corrected chi connectivity index (χ3v) is 5.22. The molecule has 2 heterocycles. The van der Waals surface area contributed by atoms with Crippen LogP contribution in [0.2, 0.25) is 0 Å². The number of halogens is 1. The Balaban J connectivity index is 1.29. The Bertz CT molecular complexity index is 1010. The highest BCUT2D eigenvalue weighted by Crippen LogP contribution is 2.31. The Labute approximate surface area is 171 Å². The standard InChI is InChI=1S/C20H19FN4O3S/c1-25(10-13-11-27-16-8-4-5-9-17(16)28-13)18(26)12-29-20-22-19(23-24-20)14-6-2-3-7-15(14)21/h2-9,13H,10-12H2,1H3,(H,22,23,24)/t13-/m1/s1. The van der Waals surface area contributed by atoms with Crippen LogP contribution in [-0.4, -0.2) is 58.0 Å². The molecule has 1 aromatic heterocycles. The van der Waals surface area contributed by atoms with Crippen LogP contribution in [-0.2, 0) is 4.79 Å². The number of amides is 1. The van der Waals surface area contributed by atoms with Crippen molar-refractivity contribution in [3.8, 4) is 22.9 Å². The number of nitrogens with zero attached hydrogens (tertiary/aromatic N) is 3. The van der Waals surface area contributed by atoms with E-state index in [0.29, 0.717) is 41.2 Å². The number of ether oxygens (including phenoxy) is 2. The molecule has 1 atom stereocenters. The molecule has 0 spiro atoms. The van der Waals surface area contributed by atoms with E-state index >= 15 is 0 Å². The van der Waals surface area contributed by atoms with Gasteiger partial charge in [0.05, 0.1) is 17.9 Å². The predicted molar refractivity (Wildman–Crippen MR) is 106 cm³/mol. The highest BCUT2D eigenvalue weighted by atomic mass is 32.2. The lowest BCUT2D eigenvalue weighted by atomic mass is 10.2. The summed E-state index contributed by atoms with van der Waals surface area (Å²) in [5.74, 6) is 1.42. The van der Waals surface area contributed by atoms with E-state index in [9.17, 15) is 9.18 Å². The number of aromatic nitrogens is 3. The maximum atomic E-state index is 13.8. The summed E-state index contributed by atoms with van der Waals surface area (Å²) in [7, 11) is 1.72. The van der Waals surface area contributed by atoms with Crippen LogP contribution in [0, 0.1) is 5.82 Å². The zero-order valence-corrected chi connectivity index (χ0v) is 16.5. The number of aromatic amines is 1. The summed E-state index contributed by atoms with van der Waals surface area (Å²) in [5, 5.41) is 7.14. The third-order valence-electron chi connectivity index (χ3n) is 4.39. The molecule has 0 radical (unpaired) electrons. The molecule has 0 saturated carbocycles. The lowest BCUT2D eigenvalue weighted by Crippen LogP contribution is -2.42. The summed E-state index contributed by atoms with van der Waals surface area (Å²) in [6.07, 6.45) is -0.236. The van der Waals surface area contributed by atoms with Crippen LogP contribution in [0.5, 0.6) is 11.5 Å². The molecule has 3 aromatic rings. The number of hydrogen-bond donors (Lipinski definition) is 1. The first-order valence-electron chi connectivity index (χ1n) is 9.02. The number of H-pyrrole nitrogens is 1. The maximum absolute atomic E-state index is 13.8. The van der Waals surface area contributed by atoms with Crippen molar-refractivity contribution in [2.75, 3.05) is 26.0 Å². The molecule has 4 rings (SSSR count). The number of nitrogens with one attached hydrogen (secondary N) is 1. The van der Waals surface area contributed by atoms with E-state index in [4.69, 9.17) is 9.47 Å². The zero-order valence-electron chi connectivity index (χ0n) is 15.7. The SMILES string of the molecule is CN(C[C@@H]1COc2ccccc2O1)C(=O)CSc1n[nH]c(-c2ccccc2F)n1. The molecule has 1 amide bonds. The van der Waals surface area contributed by atoms with E-state index < -0.39 is 0 Å². The maximum Gasteiger partial charge on any atom is 0.232 e. The molecule has 1 aliphatic rings. The van der Waals surface area contributed by atoms with Gasteiger partial charge in [-0.3, -0.25) is 9.89 Å². The van der Waals surface area contributed by atoms with Crippen molar-refractivity contribution in [1.82, 2.24) is 20.1 Å². The lowest BCUT2D eigenvalue weighted by molar-refractivity contribution is -0.128. The van der Waals surface area contributed by atoms with Gasteiger partial charge in [-0.25, -0.2) is 9.37 Å². The molecule has 1 N–H and O–H groups in total. The minimum Gasteiger partial charge on any atom is -0.486 e. The number of carbonyl (C=O) groups excluding carboxylic acids is 1. The van der Waals surface area contributed by atoms with E-state index in [-0.39, 0.29) is 23.6 Å². The normalized spacial score (nSPS) is 15.2. The minimum atomic E-state index is -0.382. The second-order valence-electron chi connectivity index (χ2n) is 6.51. The van der Waals surface area contributed by atoms with Crippen LogP contribution >= 0.6 is 11.8 Å². The van der Waals surface area contributed by atoms with Gasteiger partial charge in [-0.2, -0.15) is 0 Å². The highest BCUT2D eigenvalue weighted by molar-refractivity contribution is 7.99. The number of thioether (sulfide) groups is 1. The number of likely N-dealkylation sites (N-methyl/N-ethyl adjacent to an activating group) is 1. The first kappa shape index (κ1) is 19.3. The second-order valence-corrected chi connectivity index (χ2v) is 7.45. The van der Waals surface area contributed by atoms with Gasteiger partial charge < -0.3 is 14.4 Å². The number of para-hydroxylation sites is 2. The van der Waals surface area contributed by atoms with Crippen LogP contribution in [0.25, 0.3) is 11.4 Å². The van der Waals surface area contributed by atoms with Crippen molar-refractivity contribution in [2.24, 2.45) is 0 Å². The Hall–Kier alpha value is -3.07.